The van der Waals surface area contributed by atoms with E-state index in [1.807, 2.05) is 13.0 Å². The van der Waals surface area contributed by atoms with Crippen LogP contribution in [-0.2, 0) is 13.0 Å². The van der Waals surface area contributed by atoms with Gasteiger partial charge in [-0.15, -0.1) is 11.3 Å². The maximum atomic E-state index is 11.1. The minimum absolute atomic E-state index is 0.454. The summed E-state index contributed by atoms with van der Waals surface area (Å²) in [4.78, 5) is 13.6. The van der Waals surface area contributed by atoms with Gasteiger partial charge in [0.15, 0.2) is 17.8 Å². The average Bonchev–Trinajstić information content (AvgIpc) is 2.94. The Labute approximate surface area is 123 Å². The van der Waals surface area contributed by atoms with Crippen molar-refractivity contribution in [3.63, 3.8) is 0 Å². The summed E-state index contributed by atoms with van der Waals surface area (Å²) in [5, 5.41) is 0. The molecule has 106 valence electrons. The van der Waals surface area contributed by atoms with Crippen LogP contribution >= 0.6 is 11.3 Å². The number of aryl methyl sites for hydroxylation is 1. The van der Waals surface area contributed by atoms with E-state index in [-0.39, 0.29) is 0 Å². The summed E-state index contributed by atoms with van der Waals surface area (Å²) < 4.78 is 11.3. The zero-order valence-corrected chi connectivity index (χ0v) is 12.5. The smallest absolute Gasteiger partial charge is 0.172 e. The van der Waals surface area contributed by atoms with E-state index < -0.39 is 0 Å². The van der Waals surface area contributed by atoms with Gasteiger partial charge in [0.2, 0.25) is 0 Å². The predicted octanol–water partition coefficient (Wildman–Crippen LogP) is 4.10. The molecule has 4 heteroatoms. The molecular formula is C16H18O3S. The molecule has 0 bridgehead atoms. The summed E-state index contributed by atoms with van der Waals surface area (Å²) in [6.07, 6.45) is 1.82. The third-order valence-corrected chi connectivity index (χ3v) is 4.06. The molecule has 0 amide bonds. The van der Waals surface area contributed by atoms with Crippen molar-refractivity contribution in [3.05, 3.63) is 45.6 Å². The molecule has 2 aromatic rings. The maximum Gasteiger partial charge on any atom is 0.172 e. The number of carbonyl (C=O) groups excluding carboxylic acids is 1. The lowest BCUT2D eigenvalue weighted by Gasteiger charge is -2.13. The molecule has 0 saturated heterocycles. The van der Waals surface area contributed by atoms with Gasteiger partial charge in [-0.2, -0.15) is 0 Å². The third kappa shape index (κ3) is 3.39. The molecule has 0 aliphatic carbocycles. The topological polar surface area (TPSA) is 35.5 Å². The molecule has 0 aliphatic rings. The van der Waals surface area contributed by atoms with Gasteiger partial charge in [0, 0.05) is 9.75 Å². The number of ether oxygens (including phenoxy) is 2. The lowest BCUT2D eigenvalue weighted by molar-refractivity contribution is 0.111. The molecule has 1 heterocycles. The van der Waals surface area contributed by atoms with Gasteiger partial charge in [0.05, 0.1) is 12.2 Å². The summed E-state index contributed by atoms with van der Waals surface area (Å²) in [6, 6.07) is 9.52. The fraction of sp³-hybridized carbons (Fsp3) is 0.312. The fourth-order valence-electron chi connectivity index (χ4n) is 1.88. The quantitative estimate of drug-likeness (QED) is 0.720. The van der Waals surface area contributed by atoms with Crippen molar-refractivity contribution < 1.29 is 14.3 Å². The zero-order valence-electron chi connectivity index (χ0n) is 11.7. The number of aldehydes is 1. The van der Waals surface area contributed by atoms with Crippen LogP contribution < -0.4 is 9.47 Å². The van der Waals surface area contributed by atoms with Crippen LogP contribution in [0, 0.1) is 0 Å². The number of carbonyl (C=O) groups is 1. The maximum absolute atomic E-state index is 11.1. The van der Waals surface area contributed by atoms with Crippen LogP contribution in [0.3, 0.4) is 0 Å². The summed E-state index contributed by atoms with van der Waals surface area (Å²) in [7, 11) is 0. The second-order valence-corrected chi connectivity index (χ2v) is 5.49. The van der Waals surface area contributed by atoms with Crippen LogP contribution in [0.5, 0.6) is 11.5 Å². The van der Waals surface area contributed by atoms with Gasteiger partial charge in [-0.05, 0) is 37.6 Å². The normalized spacial score (nSPS) is 10.3. The van der Waals surface area contributed by atoms with Crippen molar-refractivity contribution in [3.8, 4) is 11.5 Å². The van der Waals surface area contributed by atoms with Gasteiger partial charge in [-0.1, -0.05) is 13.0 Å². The Kier molecular flexibility index (Phi) is 5.18. The number of benzene rings is 1. The Morgan fingerprint density at radius 1 is 1.10 bits per heavy atom. The van der Waals surface area contributed by atoms with Crippen LogP contribution in [0.4, 0.5) is 0 Å². The van der Waals surface area contributed by atoms with Crippen molar-refractivity contribution in [1.29, 1.82) is 0 Å². The fourth-order valence-corrected chi connectivity index (χ4v) is 2.75. The highest BCUT2D eigenvalue weighted by Crippen LogP contribution is 2.31. The molecule has 0 atom stereocenters. The van der Waals surface area contributed by atoms with Crippen LogP contribution in [0.25, 0.3) is 0 Å². The number of thiophene rings is 1. The SMILES string of the molecule is CCOc1cccc(C=O)c1OCc1ccc(CC)s1. The molecule has 2 rings (SSSR count). The van der Waals surface area contributed by atoms with Crippen LogP contribution in [0.2, 0.25) is 0 Å². The van der Waals surface area contributed by atoms with Gasteiger partial charge < -0.3 is 9.47 Å². The number of hydrogen-bond acceptors (Lipinski definition) is 4. The zero-order chi connectivity index (χ0) is 14.4. The second kappa shape index (κ2) is 7.10. The molecule has 3 nitrogen and oxygen atoms in total. The predicted molar refractivity (Wildman–Crippen MR) is 81.0 cm³/mol. The van der Waals surface area contributed by atoms with E-state index in [1.165, 1.54) is 4.88 Å². The molecule has 1 aromatic heterocycles. The van der Waals surface area contributed by atoms with E-state index in [4.69, 9.17) is 9.47 Å². The lowest BCUT2D eigenvalue weighted by atomic mass is 10.2. The van der Waals surface area contributed by atoms with Gasteiger partial charge in [0.1, 0.15) is 6.61 Å². The van der Waals surface area contributed by atoms with E-state index in [0.29, 0.717) is 30.3 Å². The minimum Gasteiger partial charge on any atom is -0.490 e. The van der Waals surface area contributed by atoms with E-state index in [9.17, 15) is 4.79 Å². The van der Waals surface area contributed by atoms with Gasteiger partial charge in [0.25, 0.3) is 0 Å². The minimum atomic E-state index is 0.454. The van der Waals surface area contributed by atoms with Crippen molar-refractivity contribution >= 4 is 17.6 Å². The first-order chi connectivity index (χ1) is 9.78. The highest BCUT2D eigenvalue weighted by atomic mass is 32.1. The molecule has 0 fully saturated rings. The molecule has 0 spiro atoms. The van der Waals surface area contributed by atoms with Crippen LogP contribution in [-0.4, -0.2) is 12.9 Å². The first-order valence-corrected chi connectivity index (χ1v) is 7.51. The van der Waals surface area contributed by atoms with Gasteiger partial charge in [-0.3, -0.25) is 4.79 Å². The monoisotopic (exact) mass is 290 g/mol. The Morgan fingerprint density at radius 2 is 1.90 bits per heavy atom. The van der Waals surface area contributed by atoms with Gasteiger partial charge >= 0.3 is 0 Å². The molecule has 20 heavy (non-hydrogen) atoms. The first-order valence-electron chi connectivity index (χ1n) is 6.69. The Morgan fingerprint density at radius 3 is 2.55 bits per heavy atom. The van der Waals surface area contributed by atoms with E-state index >= 15 is 0 Å². The molecule has 0 radical (unpaired) electrons. The second-order valence-electron chi connectivity index (χ2n) is 4.24. The highest BCUT2D eigenvalue weighted by Gasteiger charge is 2.11. The van der Waals surface area contributed by atoms with E-state index in [1.54, 1.807) is 23.5 Å². The van der Waals surface area contributed by atoms with Crippen molar-refractivity contribution in [2.45, 2.75) is 26.9 Å². The van der Waals surface area contributed by atoms with Crippen molar-refractivity contribution in [2.24, 2.45) is 0 Å². The Hall–Kier alpha value is -1.81. The van der Waals surface area contributed by atoms with Crippen LogP contribution in [0.15, 0.2) is 30.3 Å². The number of rotatable bonds is 7. The van der Waals surface area contributed by atoms with Crippen molar-refractivity contribution in [1.82, 2.24) is 0 Å². The summed E-state index contributed by atoms with van der Waals surface area (Å²) >= 11 is 1.73. The van der Waals surface area contributed by atoms with E-state index in [0.717, 1.165) is 17.6 Å². The summed E-state index contributed by atoms with van der Waals surface area (Å²) in [6.45, 7) is 5.03. The number of para-hydroxylation sites is 1. The molecule has 1 aromatic carbocycles. The molecule has 0 N–H and O–H groups in total. The van der Waals surface area contributed by atoms with Crippen molar-refractivity contribution in [2.75, 3.05) is 6.61 Å². The molecular weight excluding hydrogens is 272 g/mol. The molecule has 0 saturated carbocycles. The van der Waals surface area contributed by atoms with Crippen LogP contribution in [0.1, 0.15) is 34.0 Å². The average molecular weight is 290 g/mol. The molecule has 0 aliphatic heterocycles. The lowest BCUT2D eigenvalue weighted by Crippen LogP contribution is -2.01. The Bertz CT molecular complexity index is 575. The first kappa shape index (κ1) is 14.6. The Balaban J connectivity index is 2.16. The third-order valence-electron chi connectivity index (χ3n) is 2.86. The molecule has 0 unspecified atom stereocenters. The van der Waals surface area contributed by atoms with Gasteiger partial charge in [-0.25, -0.2) is 0 Å². The number of hydrogen-bond donors (Lipinski definition) is 0. The van der Waals surface area contributed by atoms with E-state index in [2.05, 4.69) is 19.1 Å². The summed E-state index contributed by atoms with van der Waals surface area (Å²) in [5.41, 5.74) is 0.517. The summed E-state index contributed by atoms with van der Waals surface area (Å²) in [5.74, 6) is 1.14. The standard InChI is InChI=1S/C16H18O3S/c1-3-13-8-9-14(20-13)11-19-16-12(10-17)6-5-7-15(16)18-4-2/h5-10H,3-4,11H2,1-2H3. The largest absolute Gasteiger partial charge is 0.490 e. The highest BCUT2D eigenvalue weighted by molar-refractivity contribution is 7.11.